The molecule has 0 N–H and O–H groups in total. The lowest BCUT2D eigenvalue weighted by Crippen LogP contribution is -2.29. The molecule has 1 aliphatic rings. The van der Waals surface area contributed by atoms with Crippen molar-refractivity contribution < 1.29 is 13.9 Å². The molecule has 0 radical (unpaired) electrons. The van der Waals surface area contributed by atoms with Gasteiger partial charge in [0.05, 0.1) is 23.6 Å². The van der Waals surface area contributed by atoms with Gasteiger partial charge in [-0.1, -0.05) is 44.0 Å². The van der Waals surface area contributed by atoms with Crippen LogP contribution in [0.5, 0.6) is 5.75 Å². The van der Waals surface area contributed by atoms with Crippen LogP contribution in [0, 0.1) is 13.8 Å². The van der Waals surface area contributed by atoms with Gasteiger partial charge in [0.25, 0.3) is 5.91 Å². The molecular weight excluding hydrogens is 452 g/mol. The summed E-state index contributed by atoms with van der Waals surface area (Å²) in [6.07, 6.45) is 6.64. The molecule has 0 bridgehead atoms. The Kier molecular flexibility index (Phi) is 6.59. The summed E-state index contributed by atoms with van der Waals surface area (Å²) in [7, 11) is 0. The zero-order valence-corrected chi connectivity index (χ0v) is 20.9. The molecule has 0 fully saturated rings. The second-order valence-electron chi connectivity index (χ2n) is 9.46. The summed E-state index contributed by atoms with van der Waals surface area (Å²) in [5, 5.41) is 0.499. The molecule has 184 valence electrons. The molecule has 4 aromatic rings. The maximum Gasteiger partial charge on any atom is 0.291 e. The van der Waals surface area contributed by atoms with Gasteiger partial charge in [-0.25, -0.2) is 0 Å². The van der Waals surface area contributed by atoms with Gasteiger partial charge in [0.15, 0.2) is 5.43 Å². The number of hydrogen-bond donors (Lipinski definition) is 0. The summed E-state index contributed by atoms with van der Waals surface area (Å²) in [5.41, 5.74) is 4.18. The number of ether oxygens (including phenoxy) is 1. The van der Waals surface area contributed by atoms with Crippen molar-refractivity contribution >= 4 is 16.9 Å². The number of hydrogen-bond acceptors (Lipinski definition) is 5. The standard InChI is InChI=1S/C30H30N2O4/c1-4-5-6-13-35-23-11-7-10-22(16-23)26-25-27(33)24-15-19(2)14-20(3)28(24)36-29(25)30(34)32(26)18-21-9-8-12-31-17-21/h7-12,14-17,26H,4-6,13,18H2,1-3H3. The van der Waals surface area contributed by atoms with E-state index >= 15 is 0 Å². The second kappa shape index (κ2) is 9.97. The van der Waals surface area contributed by atoms with E-state index in [0.717, 1.165) is 47.3 Å². The Morgan fingerprint density at radius 1 is 1.06 bits per heavy atom. The zero-order valence-electron chi connectivity index (χ0n) is 20.9. The lowest BCUT2D eigenvalue weighted by molar-refractivity contribution is 0.0714. The van der Waals surface area contributed by atoms with E-state index in [2.05, 4.69) is 11.9 Å². The van der Waals surface area contributed by atoms with E-state index in [4.69, 9.17) is 9.15 Å². The molecule has 2 aromatic heterocycles. The second-order valence-corrected chi connectivity index (χ2v) is 9.46. The highest BCUT2D eigenvalue weighted by Crippen LogP contribution is 2.40. The fraction of sp³-hybridized carbons (Fsp3) is 0.300. The smallest absolute Gasteiger partial charge is 0.291 e. The van der Waals surface area contributed by atoms with E-state index in [-0.39, 0.29) is 17.1 Å². The quantitative estimate of drug-likeness (QED) is 0.283. The first kappa shape index (κ1) is 23.8. The zero-order chi connectivity index (χ0) is 25.2. The Morgan fingerprint density at radius 2 is 1.92 bits per heavy atom. The molecule has 6 heteroatoms. The van der Waals surface area contributed by atoms with Crippen molar-refractivity contribution in [2.75, 3.05) is 6.61 Å². The van der Waals surface area contributed by atoms with Crippen LogP contribution in [0.15, 0.2) is 70.1 Å². The van der Waals surface area contributed by atoms with E-state index in [1.54, 1.807) is 17.3 Å². The number of fused-ring (bicyclic) bond motifs is 2. The molecule has 1 atom stereocenters. The summed E-state index contributed by atoms with van der Waals surface area (Å²) in [5.74, 6) is 0.539. The predicted octanol–water partition coefficient (Wildman–Crippen LogP) is 6.12. The van der Waals surface area contributed by atoms with Crippen molar-refractivity contribution in [3.8, 4) is 5.75 Å². The molecule has 3 heterocycles. The minimum absolute atomic E-state index is 0.114. The number of aromatic nitrogens is 1. The van der Waals surface area contributed by atoms with E-state index in [0.29, 0.717) is 29.7 Å². The fourth-order valence-electron chi connectivity index (χ4n) is 4.99. The Balaban J connectivity index is 1.64. The molecule has 1 unspecified atom stereocenters. The van der Waals surface area contributed by atoms with Crippen LogP contribution < -0.4 is 10.2 Å². The summed E-state index contributed by atoms with van der Waals surface area (Å²) >= 11 is 0. The van der Waals surface area contributed by atoms with Gasteiger partial charge in [-0.2, -0.15) is 0 Å². The predicted molar refractivity (Wildman–Crippen MR) is 139 cm³/mol. The molecule has 36 heavy (non-hydrogen) atoms. The van der Waals surface area contributed by atoms with Crippen LogP contribution in [-0.2, 0) is 6.54 Å². The molecule has 0 spiro atoms. The molecule has 0 saturated heterocycles. The van der Waals surface area contributed by atoms with E-state index in [9.17, 15) is 9.59 Å². The minimum atomic E-state index is -0.589. The van der Waals surface area contributed by atoms with Crippen molar-refractivity contribution in [1.82, 2.24) is 9.88 Å². The highest BCUT2D eigenvalue weighted by molar-refractivity contribution is 5.99. The number of unbranched alkanes of at least 4 members (excludes halogenated alkanes) is 2. The van der Waals surface area contributed by atoms with Crippen molar-refractivity contribution in [2.24, 2.45) is 0 Å². The van der Waals surface area contributed by atoms with Gasteiger partial charge in [0.2, 0.25) is 5.76 Å². The first-order valence-electron chi connectivity index (χ1n) is 12.5. The topological polar surface area (TPSA) is 72.6 Å². The number of carbonyl (C=O) groups excluding carboxylic acids is 1. The normalized spacial score (nSPS) is 14.9. The van der Waals surface area contributed by atoms with Gasteiger partial charge in [0, 0.05) is 18.9 Å². The van der Waals surface area contributed by atoms with Crippen LogP contribution in [0.2, 0.25) is 0 Å². The molecule has 1 amide bonds. The van der Waals surface area contributed by atoms with Gasteiger partial charge >= 0.3 is 0 Å². The van der Waals surface area contributed by atoms with Gasteiger partial charge in [-0.05, 0) is 66.8 Å². The number of benzene rings is 2. The third-order valence-corrected chi connectivity index (χ3v) is 6.66. The number of rotatable bonds is 8. The lowest BCUT2D eigenvalue weighted by Gasteiger charge is -2.25. The van der Waals surface area contributed by atoms with E-state index < -0.39 is 6.04 Å². The van der Waals surface area contributed by atoms with E-state index in [1.165, 1.54) is 0 Å². The average Bonchev–Trinajstić information content (AvgIpc) is 3.15. The van der Waals surface area contributed by atoms with Crippen LogP contribution in [-0.4, -0.2) is 22.4 Å². The lowest BCUT2D eigenvalue weighted by atomic mass is 9.97. The van der Waals surface area contributed by atoms with Crippen LogP contribution >= 0.6 is 0 Å². The molecule has 6 nitrogen and oxygen atoms in total. The third-order valence-electron chi connectivity index (χ3n) is 6.66. The Hall–Kier alpha value is -3.93. The van der Waals surface area contributed by atoms with Crippen LogP contribution in [0.4, 0.5) is 0 Å². The highest BCUT2D eigenvalue weighted by atomic mass is 16.5. The number of nitrogens with zero attached hydrogens (tertiary/aromatic N) is 2. The summed E-state index contributed by atoms with van der Waals surface area (Å²) in [6, 6.07) is 14.7. The maximum absolute atomic E-state index is 13.9. The van der Waals surface area contributed by atoms with Crippen LogP contribution in [0.1, 0.15) is 70.6 Å². The van der Waals surface area contributed by atoms with E-state index in [1.807, 2.05) is 62.4 Å². The number of aryl methyl sites for hydroxylation is 2. The molecule has 0 aliphatic carbocycles. The number of amides is 1. The Bertz CT molecular complexity index is 1480. The van der Waals surface area contributed by atoms with Crippen molar-refractivity contribution in [2.45, 2.75) is 52.6 Å². The van der Waals surface area contributed by atoms with Gasteiger partial charge in [-0.3, -0.25) is 14.6 Å². The summed E-state index contributed by atoms with van der Waals surface area (Å²) in [6.45, 7) is 6.94. The third kappa shape index (κ3) is 4.39. The summed E-state index contributed by atoms with van der Waals surface area (Å²) < 4.78 is 12.2. The Labute approximate surface area is 210 Å². The highest BCUT2D eigenvalue weighted by Gasteiger charge is 2.43. The SMILES string of the molecule is CCCCCOc1cccc(C2c3c(oc4c(C)cc(C)cc4c3=O)C(=O)N2Cc2cccnc2)c1. The number of pyridine rings is 1. The minimum Gasteiger partial charge on any atom is -0.494 e. The van der Waals surface area contributed by atoms with Crippen molar-refractivity contribution in [1.29, 1.82) is 0 Å². The fourth-order valence-corrected chi connectivity index (χ4v) is 4.99. The first-order valence-corrected chi connectivity index (χ1v) is 12.5. The molecule has 2 aromatic carbocycles. The van der Waals surface area contributed by atoms with Crippen molar-refractivity contribution in [3.05, 3.63) is 105 Å². The van der Waals surface area contributed by atoms with Gasteiger partial charge in [-0.15, -0.1) is 0 Å². The monoisotopic (exact) mass is 482 g/mol. The number of carbonyl (C=O) groups is 1. The van der Waals surface area contributed by atoms with Crippen LogP contribution in [0.25, 0.3) is 11.0 Å². The molecular formula is C30H30N2O4. The average molecular weight is 483 g/mol. The largest absolute Gasteiger partial charge is 0.494 e. The maximum atomic E-state index is 13.9. The van der Waals surface area contributed by atoms with Gasteiger partial charge in [0.1, 0.15) is 11.3 Å². The van der Waals surface area contributed by atoms with Gasteiger partial charge < -0.3 is 14.1 Å². The first-order chi connectivity index (χ1) is 17.5. The summed E-state index contributed by atoms with van der Waals surface area (Å²) in [4.78, 5) is 33.5. The molecule has 0 saturated carbocycles. The molecule has 1 aliphatic heterocycles. The van der Waals surface area contributed by atoms with Crippen LogP contribution in [0.3, 0.4) is 0 Å². The molecule has 5 rings (SSSR count). The van der Waals surface area contributed by atoms with Crippen molar-refractivity contribution in [3.63, 3.8) is 0 Å². The Morgan fingerprint density at radius 3 is 2.69 bits per heavy atom.